The molecule has 102 valence electrons. The second kappa shape index (κ2) is 6.90. The van der Waals surface area contributed by atoms with Crippen LogP contribution in [-0.4, -0.2) is 34.8 Å². The fourth-order valence-electron chi connectivity index (χ4n) is 2.68. The van der Waals surface area contributed by atoms with E-state index in [0.29, 0.717) is 12.1 Å². The topological polar surface area (TPSA) is 39.1 Å². The molecular weight excluding hydrogens is 226 g/mol. The van der Waals surface area contributed by atoms with Crippen molar-refractivity contribution in [3.05, 3.63) is 18.2 Å². The van der Waals surface area contributed by atoms with Crippen LogP contribution in [0.5, 0.6) is 0 Å². The Kier molecular flexibility index (Phi) is 5.20. The Morgan fingerprint density at radius 3 is 2.78 bits per heavy atom. The van der Waals surface area contributed by atoms with Gasteiger partial charge in [0.2, 0.25) is 0 Å². The molecule has 0 spiro atoms. The number of hydrogen-bond acceptors (Lipinski definition) is 3. The van der Waals surface area contributed by atoms with Crippen LogP contribution in [0.1, 0.15) is 38.4 Å². The van der Waals surface area contributed by atoms with Crippen LogP contribution in [0, 0.1) is 6.92 Å². The second-order valence-corrected chi connectivity index (χ2v) is 5.07. The number of hydrogen-bond donors (Lipinski definition) is 1. The van der Waals surface area contributed by atoms with Gasteiger partial charge in [-0.25, -0.2) is 4.98 Å². The molecule has 18 heavy (non-hydrogen) atoms. The highest BCUT2D eigenvalue weighted by molar-refractivity contribution is 4.88. The molecule has 0 amide bonds. The van der Waals surface area contributed by atoms with Gasteiger partial charge in [0.1, 0.15) is 5.82 Å². The zero-order valence-electron chi connectivity index (χ0n) is 11.6. The Morgan fingerprint density at radius 1 is 1.39 bits per heavy atom. The van der Waals surface area contributed by atoms with E-state index in [-0.39, 0.29) is 0 Å². The largest absolute Gasteiger partial charge is 0.376 e. The maximum atomic E-state index is 5.96. The van der Waals surface area contributed by atoms with Gasteiger partial charge in [-0.1, -0.05) is 6.92 Å². The lowest BCUT2D eigenvalue weighted by Gasteiger charge is -2.29. The molecule has 0 saturated heterocycles. The molecule has 0 bridgehead atoms. The lowest BCUT2D eigenvalue weighted by Crippen LogP contribution is -2.35. The van der Waals surface area contributed by atoms with Crippen molar-refractivity contribution in [3.8, 4) is 0 Å². The average molecular weight is 251 g/mol. The average Bonchev–Trinajstić information content (AvgIpc) is 2.78. The van der Waals surface area contributed by atoms with E-state index in [1.807, 2.05) is 19.3 Å². The third-order valence-corrected chi connectivity index (χ3v) is 3.78. The molecule has 2 rings (SSSR count). The van der Waals surface area contributed by atoms with Gasteiger partial charge in [0.25, 0.3) is 0 Å². The van der Waals surface area contributed by atoms with E-state index in [0.717, 1.165) is 25.5 Å². The minimum Gasteiger partial charge on any atom is -0.376 e. The lowest BCUT2D eigenvalue weighted by molar-refractivity contribution is 0.0183. The quantitative estimate of drug-likeness (QED) is 0.842. The smallest absolute Gasteiger partial charge is 0.105 e. The summed E-state index contributed by atoms with van der Waals surface area (Å²) in [7, 11) is 0. The molecule has 4 nitrogen and oxygen atoms in total. The molecule has 1 heterocycles. The van der Waals surface area contributed by atoms with Crippen LogP contribution < -0.4 is 5.32 Å². The van der Waals surface area contributed by atoms with Crippen LogP contribution in [0.3, 0.4) is 0 Å². The summed E-state index contributed by atoms with van der Waals surface area (Å²) in [6.07, 6.45) is 9.22. The van der Waals surface area contributed by atoms with Crippen LogP contribution in [0.25, 0.3) is 0 Å². The van der Waals surface area contributed by atoms with Gasteiger partial charge in [-0.15, -0.1) is 0 Å². The minimum atomic E-state index is 0.462. The van der Waals surface area contributed by atoms with Gasteiger partial charge in [-0.2, -0.15) is 0 Å². The summed E-state index contributed by atoms with van der Waals surface area (Å²) < 4.78 is 8.10. The first-order chi connectivity index (χ1) is 8.79. The van der Waals surface area contributed by atoms with Crippen LogP contribution in [0.2, 0.25) is 0 Å². The summed E-state index contributed by atoms with van der Waals surface area (Å²) in [5.74, 6) is 1.06. The fourth-order valence-corrected chi connectivity index (χ4v) is 2.68. The Balaban J connectivity index is 1.62. The lowest BCUT2D eigenvalue weighted by atomic mass is 9.93. The zero-order chi connectivity index (χ0) is 12.8. The molecule has 0 aliphatic heterocycles. The normalized spacial score (nSPS) is 24.3. The summed E-state index contributed by atoms with van der Waals surface area (Å²) in [5, 5.41) is 3.52. The van der Waals surface area contributed by atoms with Crippen molar-refractivity contribution in [2.45, 2.75) is 58.2 Å². The first-order valence-electron chi connectivity index (χ1n) is 7.12. The van der Waals surface area contributed by atoms with Gasteiger partial charge in [0.05, 0.1) is 12.7 Å². The predicted molar refractivity (Wildman–Crippen MR) is 72.6 cm³/mol. The summed E-state index contributed by atoms with van der Waals surface area (Å²) in [5.41, 5.74) is 0. The van der Waals surface area contributed by atoms with Crippen molar-refractivity contribution >= 4 is 0 Å². The number of aromatic nitrogens is 2. The van der Waals surface area contributed by atoms with E-state index in [1.165, 1.54) is 25.7 Å². The molecule has 1 aromatic rings. The van der Waals surface area contributed by atoms with Crippen LogP contribution in [-0.2, 0) is 11.3 Å². The van der Waals surface area contributed by atoms with Crippen molar-refractivity contribution < 1.29 is 4.74 Å². The molecule has 1 N–H and O–H groups in total. The van der Waals surface area contributed by atoms with Gasteiger partial charge < -0.3 is 14.6 Å². The number of aryl methyl sites for hydroxylation is 1. The monoisotopic (exact) mass is 251 g/mol. The highest BCUT2D eigenvalue weighted by atomic mass is 16.5. The van der Waals surface area contributed by atoms with Crippen molar-refractivity contribution in [2.75, 3.05) is 13.2 Å². The number of nitrogens with one attached hydrogen (secondary N) is 1. The third-order valence-electron chi connectivity index (χ3n) is 3.78. The van der Waals surface area contributed by atoms with Crippen molar-refractivity contribution in [1.82, 2.24) is 14.9 Å². The van der Waals surface area contributed by atoms with E-state index in [1.54, 1.807) is 0 Å². The fraction of sp³-hybridized carbons (Fsp3) is 0.786. The van der Waals surface area contributed by atoms with Gasteiger partial charge in [0.15, 0.2) is 0 Å². The van der Waals surface area contributed by atoms with Crippen molar-refractivity contribution in [1.29, 1.82) is 0 Å². The molecular formula is C14H25N3O. The first kappa shape index (κ1) is 13.6. The number of imidazole rings is 1. The Bertz CT molecular complexity index is 343. The molecule has 0 radical (unpaired) electrons. The summed E-state index contributed by atoms with van der Waals surface area (Å²) >= 11 is 0. The highest BCUT2D eigenvalue weighted by Gasteiger charge is 2.20. The molecule has 1 fully saturated rings. The maximum absolute atomic E-state index is 5.96. The maximum Gasteiger partial charge on any atom is 0.105 e. The molecule has 4 heteroatoms. The molecule has 1 aliphatic carbocycles. The summed E-state index contributed by atoms with van der Waals surface area (Å²) in [6, 6.07) is 0.714. The number of rotatable bonds is 6. The second-order valence-electron chi connectivity index (χ2n) is 5.07. The van der Waals surface area contributed by atoms with Crippen molar-refractivity contribution in [3.63, 3.8) is 0 Å². The van der Waals surface area contributed by atoms with Gasteiger partial charge >= 0.3 is 0 Å². The Morgan fingerprint density at radius 2 is 2.17 bits per heavy atom. The Hall–Kier alpha value is -0.870. The number of ether oxygens (including phenoxy) is 1. The van der Waals surface area contributed by atoms with Gasteiger partial charge in [0, 0.05) is 25.0 Å². The van der Waals surface area contributed by atoms with E-state index >= 15 is 0 Å². The zero-order valence-corrected chi connectivity index (χ0v) is 11.6. The molecule has 0 aromatic carbocycles. The van der Waals surface area contributed by atoms with Crippen LogP contribution in [0.15, 0.2) is 12.4 Å². The SMILES string of the molecule is CCNC1CCC(OCCn2ccnc2C)CC1. The van der Waals surface area contributed by atoms with E-state index < -0.39 is 0 Å². The molecule has 1 aromatic heterocycles. The summed E-state index contributed by atoms with van der Waals surface area (Å²) in [6.45, 7) is 7.00. The van der Waals surface area contributed by atoms with Gasteiger partial charge in [-0.05, 0) is 39.2 Å². The minimum absolute atomic E-state index is 0.462. The predicted octanol–water partition coefficient (Wildman–Crippen LogP) is 2.13. The van der Waals surface area contributed by atoms with Crippen LogP contribution >= 0.6 is 0 Å². The van der Waals surface area contributed by atoms with E-state index in [9.17, 15) is 0 Å². The van der Waals surface area contributed by atoms with E-state index in [2.05, 4.69) is 21.8 Å². The molecule has 0 atom stereocenters. The number of nitrogens with zero attached hydrogens (tertiary/aromatic N) is 2. The molecule has 0 unspecified atom stereocenters. The van der Waals surface area contributed by atoms with Crippen LogP contribution in [0.4, 0.5) is 0 Å². The molecule has 1 aliphatic rings. The Labute approximate surface area is 110 Å². The third kappa shape index (κ3) is 3.82. The van der Waals surface area contributed by atoms with E-state index in [4.69, 9.17) is 4.74 Å². The summed E-state index contributed by atoms with van der Waals surface area (Å²) in [4.78, 5) is 4.21. The standard InChI is InChI=1S/C14H25N3O/c1-3-15-13-4-6-14(7-5-13)18-11-10-17-9-8-16-12(17)2/h8-9,13-15H,3-7,10-11H2,1-2H3. The molecule has 1 saturated carbocycles. The van der Waals surface area contributed by atoms with Crippen molar-refractivity contribution in [2.24, 2.45) is 0 Å². The van der Waals surface area contributed by atoms with Gasteiger partial charge in [-0.3, -0.25) is 0 Å². The highest BCUT2D eigenvalue weighted by Crippen LogP contribution is 2.21. The first-order valence-corrected chi connectivity index (χ1v) is 7.12.